The molecule has 4 fully saturated rings. The summed E-state index contributed by atoms with van der Waals surface area (Å²) in [6, 6.07) is 1.70. The maximum atomic E-state index is 2.87. The van der Waals surface area contributed by atoms with Gasteiger partial charge in [-0.2, -0.15) is 0 Å². The molecule has 3 saturated heterocycles. The summed E-state index contributed by atoms with van der Waals surface area (Å²) < 4.78 is 0. The standard InChI is InChI=1S/C24H45N3/c1-22(2,3)19-15-24(16-19)9-13-26(14-10-24)20-7-11-25(12-8-20)21-17-27(18-21)23(4,5)6/h19-21H,7-18H2,1-6H3. The molecule has 1 aliphatic carbocycles. The van der Waals surface area contributed by atoms with E-state index in [1.54, 1.807) is 0 Å². The number of piperidine rings is 2. The lowest BCUT2D eigenvalue weighted by Crippen LogP contribution is -2.66. The highest BCUT2D eigenvalue weighted by atomic mass is 15.3. The van der Waals surface area contributed by atoms with E-state index in [4.69, 9.17) is 0 Å². The Morgan fingerprint density at radius 2 is 1.22 bits per heavy atom. The van der Waals surface area contributed by atoms with E-state index in [0.717, 1.165) is 23.4 Å². The van der Waals surface area contributed by atoms with E-state index in [2.05, 4.69) is 56.2 Å². The second-order valence-electron chi connectivity index (χ2n) is 12.5. The fraction of sp³-hybridized carbons (Fsp3) is 1.00. The van der Waals surface area contributed by atoms with Crippen LogP contribution < -0.4 is 0 Å². The number of hydrogen-bond acceptors (Lipinski definition) is 3. The van der Waals surface area contributed by atoms with Crippen LogP contribution >= 0.6 is 0 Å². The maximum absolute atomic E-state index is 2.87. The van der Waals surface area contributed by atoms with Crippen molar-refractivity contribution in [1.82, 2.24) is 14.7 Å². The lowest BCUT2D eigenvalue weighted by atomic mass is 9.51. The van der Waals surface area contributed by atoms with E-state index < -0.39 is 0 Å². The van der Waals surface area contributed by atoms with Crippen LogP contribution in [0.5, 0.6) is 0 Å². The number of nitrogens with zero attached hydrogens (tertiary/aromatic N) is 3. The van der Waals surface area contributed by atoms with Gasteiger partial charge in [-0.25, -0.2) is 0 Å². The molecule has 1 saturated carbocycles. The van der Waals surface area contributed by atoms with Crippen molar-refractivity contribution in [2.24, 2.45) is 16.7 Å². The van der Waals surface area contributed by atoms with Crippen molar-refractivity contribution in [1.29, 1.82) is 0 Å². The van der Waals surface area contributed by atoms with Gasteiger partial charge in [0.25, 0.3) is 0 Å². The summed E-state index contributed by atoms with van der Waals surface area (Å²) in [6.45, 7) is 22.4. The maximum Gasteiger partial charge on any atom is 0.0350 e. The van der Waals surface area contributed by atoms with Crippen LogP contribution in [0.1, 0.15) is 80.1 Å². The van der Waals surface area contributed by atoms with E-state index in [9.17, 15) is 0 Å². The summed E-state index contributed by atoms with van der Waals surface area (Å²) in [6.07, 6.45) is 8.78. The van der Waals surface area contributed by atoms with Gasteiger partial charge in [-0.3, -0.25) is 9.80 Å². The highest BCUT2D eigenvalue weighted by Crippen LogP contribution is 2.58. The third kappa shape index (κ3) is 4.12. The number of likely N-dealkylation sites (tertiary alicyclic amines) is 3. The molecule has 0 bridgehead atoms. The Hall–Kier alpha value is -0.120. The molecule has 0 aromatic carbocycles. The molecule has 0 atom stereocenters. The molecule has 0 aromatic rings. The molecule has 0 radical (unpaired) electrons. The Kier molecular flexibility index (Phi) is 5.22. The molecule has 156 valence electrons. The highest BCUT2D eigenvalue weighted by molar-refractivity contribution is 5.02. The zero-order chi connectivity index (χ0) is 19.4. The first kappa shape index (κ1) is 20.2. The van der Waals surface area contributed by atoms with Crippen molar-refractivity contribution >= 4 is 0 Å². The van der Waals surface area contributed by atoms with Crippen molar-refractivity contribution in [3.05, 3.63) is 0 Å². The molecule has 0 aromatic heterocycles. The van der Waals surface area contributed by atoms with Crippen molar-refractivity contribution in [3.63, 3.8) is 0 Å². The Morgan fingerprint density at radius 1 is 0.704 bits per heavy atom. The minimum atomic E-state index is 0.353. The van der Waals surface area contributed by atoms with Crippen LogP contribution in [0, 0.1) is 16.7 Å². The summed E-state index contributed by atoms with van der Waals surface area (Å²) >= 11 is 0. The van der Waals surface area contributed by atoms with Gasteiger partial charge < -0.3 is 4.90 Å². The lowest BCUT2D eigenvalue weighted by Gasteiger charge is -2.57. The van der Waals surface area contributed by atoms with Gasteiger partial charge in [-0.05, 0) is 89.1 Å². The van der Waals surface area contributed by atoms with Crippen molar-refractivity contribution in [2.45, 2.75) is 97.7 Å². The largest absolute Gasteiger partial charge is 0.300 e. The summed E-state index contributed by atoms with van der Waals surface area (Å²) in [7, 11) is 0. The molecule has 0 unspecified atom stereocenters. The van der Waals surface area contributed by atoms with Crippen LogP contribution in [-0.2, 0) is 0 Å². The van der Waals surface area contributed by atoms with Gasteiger partial charge in [-0.15, -0.1) is 0 Å². The summed E-state index contributed by atoms with van der Waals surface area (Å²) in [5.74, 6) is 0.974. The number of rotatable bonds is 2. The van der Waals surface area contributed by atoms with Crippen LogP contribution in [-0.4, -0.2) is 71.6 Å². The van der Waals surface area contributed by atoms with Gasteiger partial charge in [0.15, 0.2) is 0 Å². The van der Waals surface area contributed by atoms with Crippen molar-refractivity contribution < 1.29 is 0 Å². The fourth-order valence-corrected chi connectivity index (χ4v) is 6.22. The van der Waals surface area contributed by atoms with Gasteiger partial charge in [-0.1, -0.05) is 20.8 Å². The smallest absolute Gasteiger partial charge is 0.0350 e. The summed E-state index contributed by atoms with van der Waals surface area (Å²) in [5.41, 5.74) is 1.61. The minimum absolute atomic E-state index is 0.353. The Labute approximate surface area is 168 Å². The Balaban J connectivity index is 1.18. The van der Waals surface area contributed by atoms with E-state index in [1.165, 1.54) is 77.8 Å². The van der Waals surface area contributed by atoms with E-state index in [-0.39, 0.29) is 0 Å². The van der Waals surface area contributed by atoms with Crippen LogP contribution in [0.25, 0.3) is 0 Å². The van der Waals surface area contributed by atoms with Gasteiger partial charge in [0.1, 0.15) is 0 Å². The monoisotopic (exact) mass is 375 g/mol. The van der Waals surface area contributed by atoms with Crippen LogP contribution in [0.4, 0.5) is 0 Å². The molecule has 27 heavy (non-hydrogen) atoms. The first-order chi connectivity index (χ1) is 12.6. The average molecular weight is 376 g/mol. The quantitative estimate of drug-likeness (QED) is 0.705. The van der Waals surface area contributed by atoms with Gasteiger partial charge in [0.05, 0.1) is 0 Å². The second-order valence-corrected chi connectivity index (χ2v) is 12.5. The SMILES string of the molecule is CC(C)(C)C1CC2(CCN(C3CCN(C4CN(C(C)(C)C)C4)CC3)CC2)C1. The molecule has 3 heterocycles. The topological polar surface area (TPSA) is 9.72 Å². The van der Waals surface area contributed by atoms with Gasteiger partial charge in [0, 0.05) is 43.8 Å². The molecule has 3 nitrogen and oxygen atoms in total. The zero-order valence-electron chi connectivity index (χ0n) is 19.1. The average Bonchev–Trinajstić information content (AvgIpc) is 2.50. The van der Waals surface area contributed by atoms with Gasteiger partial charge in [0.2, 0.25) is 0 Å². The first-order valence-corrected chi connectivity index (χ1v) is 11.8. The van der Waals surface area contributed by atoms with E-state index in [1.807, 2.05) is 0 Å². The molecule has 3 aliphatic heterocycles. The second kappa shape index (κ2) is 6.99. The lowest BCUT2D eigenvalue weighted by molar-refractivity contribution is -0.0729. The van der Waals surface area contributed by atoms with Crippen molar-refractivity contribution in [2.75, 3.05) is 39.3 Å². The molecular formula is C24H45N3. The zero-order valence-corrected chi connectivity index (χ0v) is 19.1. The fourth-order valence-electron chi connectivity index (χ4n) is 6.22. The molecule has 0 N–H and O–H groups in total. The summed E-state index contributed by atoms with van der Waals surface area (Å²) in [4.78, 5) is 8.30. The Bertz CT molecular complexity index is 499. The van der Waals surface area contributed by atoms with Crippen LogP contribution in [0.2, 0.25) is 0 Å². The normalized spacial score (nSPS) is 30.4. The molecule has 1 spiro atoms. The first-order valence-electron chi connectivity index (χ1n) is 11.8. The molecule has 0 amide bonds. The molecule has 4 aliphatic rings. The van der Waals surface area contributed by atoms with Crippen LogP contribution in [0.15, 0.2) is 0 Å². The number of hydrogen-bond donors (Lipinski definition) is 0. The van der Waals surface area contributed by atoms with E-state index >= 15 is 0 Å². The van der Waals surface area contributed by atoms with E-state index in [0.29, 0.717) is 11.0 Å². The third-order valence-corrected chi connectivity index (χ3v) is 8.79. The predicted molar refractivity (Wildman–Crippen MR) is 115 cm³/mol. The molecule has 4 rings (SSSR count). The molecular weight excluding hydrogens is 330 g/mol. The van der Waals surface area contributed by atoms with Crippen molar-refractivity contribution in [3.8, 4) is 0 Å². The minimum Gasteiger partial charge on any atom is -0.300 e. The summed E-state index contributed by atoms with van der Waals surface area (Å²) in [5, 5.41) is 0. The Morgan fingerprint density at radius 3 is 1.70 bits per heavy atom. The van der Waals surface area contributed by atoms with Crippen LogP contribution in [0.3, 0.4) is 0 Å². The predicted octanol–water partition coefficient (Wildman–Crippen LogP) is 4.47. The van der Waals surface area contributed by atoms with Gasteiger partial charge >= 0.3 is 0 Å². The molecule has 3 heteroatoms. The third-order valence-electron chi connectivity index (χ3n) is 8.79. The highest BCUT2D eigenvalue weighted by Gasteiger charge is 2.50.